The molecule has 0 radical (unpaired) electrons. The van der Waals surface area contributed by atoms with Crippen molar-refractivity contribution in [2.24, 2.45) is 11.8 Å². The van der Waals surface area contributed by atoms with Crippen molar-refractivity contribution in [2.75, 3.05) is 6.61 Å². The number of rotatable bonds is 2. The molecule has 13 heavy (non-hydrogen) atoms. The summed E-state index contributed by atoms with van der Waals surface area (Å²) in [6, 6.07) is 0. The van der Waals surface area contributed by atoms with Crippen LogP contribution in [0.5, 0.6) is 0 Å². The van der Waals surface area contributed by atoms with Crippen LogP contribution in [0.1, 0.15) is 44.9 Å². The van der Waals surface area contributed by atoms with Gasteiger partial charge in [0.25, 0.3) is 0 Å². The van der Waals surface area contributed by atoms with Crippen LogP contribution in [0.25, 0.3) is 0 Å². The van der Waals surface area contributed by atoms with Gasteiger partial charge in [-0.15, -0.1) is 0 Å². The quantitative estimate of drug-likeness (QED) is 0.685. The fourth-order valence-electron chi connectivity index (χ4n) is 3.34. The molecule has 2 unspecified atom stereocenters. The topological polar surface area (TPSA) is 40.5 Å². The molecule has 2 N–H and O–H groups in total. The Bertz CT molecular complexity index is 167. The maximum atomic E-state index is 10.2. The first-order valence-corrected chi connectivity index (χ1v) is 5.55. The van der Waals surface area contributed by atoms with Gasteiger partial charge in [0.05, 0.1) is 5.60 Å². The molecule has 2 aliphatic carbocycles. The first-order valence-electron chi connectivity index (χ1n) is 5.55. The lowest BCUT2D eigenvalue weighted by molar-refractivity contribution is -0.0650. The van der Waals surface area contributed by atoms with Gasteiger partial charge in [-0.05, 0) is 37.5 Å². The summed E-state index contributed by atoms with van der Waals surface area (Å²) >= 11 is 0. The summed E-state index contributed by atoms with van der Waals surface area (Å²) < 4.78 is 0. The Kier molecular flexibility index (Phi) is 2.61. The molecule has 0 spiro atoms. The predicted molar refractivity (Wildman–Crippen MR) is 51.3 cm³/mol. The van der Waals surface area contributed by atoms with Crippen molar-refractivity contribution in [2.45, 2.75) is 50.5 Å². The molecule has 0 aromatic carbocycles. The van der Waals surface area contributed by atoms with Crippen molar-refractivity contribution in [3.8, 4) is 0 Å². The van der Waals surface area contributed by atoms with Crippen molar-refractivity contribution < 1.29 is 10.2 Å². The highest BCUT2D eigenvalue weighted by molar-refractivity contribution is 4.92. The van der Waals surface area contributed by atoms with Gasteiger partial charge in [0.2, 0.25) is 0 Å². The lowest BCUT2D eigenvalue weighted by Crippen LogP contribution is -2.41. The van der Waals surface area contributed by atoms with E-state index in [0.29, 0.717) is 6.42 Å². The molecule has 2 heteroatoms. The summed E-state index contributed by atoms with van der Waals surface area (Å²) in [4.78, 5) is 0. The second-order valence-corrected chi connectivity index (χ2v) is 5.00. The molecular weight excluding hydrogens is 164 g/mol. The van der Waals surface area contributed by atoms with E-state index in [2.05, 4.69) is 0 Å². The number of fused-ring (bicyclic) bond motifs is 2. The first-order chi connectivity index (χ1) is 6.22. The van der Waals surface area contributed by atoms with Crippen molar-refractivity contribution >= 4 is 0 Å². The highest BCUT2D eigenvalue weighted by Crippen LogP contribution is 2.45. The van der Waals surface area contributed by atoms with Crippen molar-refractivity contribution in [1.29, 1.82) is 0 Å². The first kappa shape index (κ1) is 9.47. The van der Waals surface area contributed by atoms with Crippen LogP contribution in [0.15, 0.2) is 0 Å². The van der Waals surface area contributed by atoms with E-state index in [0.717, 1.165) is 24.7 Å². The standard InChI is InChI=1S/C11H20O2/c12-5-4-11(13)7-9-2-1-3-10(6-9)8-11/h9-10,12-13H,1-8H2. The Morgan fingerprint density at radius 3 is 2.31 bits per heavy atom. The molecule has 2 rings (SSSR count). The average Bonchev–Trinajstić information content (AvgIpc) is 2.02. The van der Waals surface area contributed by atoms with Crippen LogP contribution in [-0.2, 0) is 0 Å². The molecule has 0 amide bonds. The molecule has 2 aliphatic rings. The second kappa shape index (κ2) is 3.58. The average molecular weight is 184 g/mol. The van der Waals surface area contributed by atoms with E-state index >= 15 is 0 Å². The van der Waals surface area contributed by atoms with Crippen LogP contribution in [-0.4, -0.2) is 22.4 Å². The summed E-state index contributed by atoms with van der Waals surface area (Å²) in [7, 11) is 0. The normalized spacial score (nSPS) is 44.8. The minimum Gasteiger partial charge on any atom is -0.396 e. The van der Waals surface area contributed by atoms with Crippen LogP contribution < -0.4 is 0 Å². The van der Waals surface area contributed by atoms with Crippen LogP contribution in [0.2, 0.25) is 0 Å². The summed E-state index contributed by atoms with van der Waals surface area (Å²) in [5, 5.41) is 19.1. The summed E-state index contributed by atoms with van der Waals surface area (Å²) in [5.74, 6) is 1.48. The molecule has 0 aromatic rings. The lowest BCUT2D eigenvalue weighted by Gasteiger charge is -2.44. The SMILES string of the molecule is OCCC1(O)CC2CCCC(C2)C1. The van der Waals surface area contributed by atoms with Gasteiger partial charge in [-0.1, -0.05) is 19.3 Å². The lowest BCUT2D eigenvalue weighted by atomic mass is 9.65. The zero-order chi connectivity index (χ0) is 9.31. The van der Waals surface area contributed by atoms with E-state index < -0.39 is 5.60 Å². The Morgan fingerprint density at radius 1 is 1.15 bits per heavy atom. The molecule has 2 saturated carbocycles. The van der Waals surface area contributed by atoms with Gasteiger partial charge in [0.1, 0.15) is 0 Å². The van der Waals surface area contributed by atoms with Crippen LogP contribution in [0.3, 0.4) is 0 Å². The molecule has 0 saturated heterocycles. The minimum atomic E-state index is -0.525. The van der Waals surface area contributed by atoms with E-state index in [-0.39, 0.29) is 6.61 Å². The smallest absolute Gasteiger partial charge is 0.0674 e. The number of hydrogen-bond donors (Lipinski definition) is 2. The zero-order valence-corrected chi connectivity index (χ0v) is 8.21. The van der Waals surface area contributed by atoms with E-state index in [1.54, 1.807) is 0 Å². The summed E-state index contributed by atoms with van der Waals surface area (Å²) in [5.41, 5.74) is -0.525. The Labute approximate surface area is 80.0 Å². The van der Waals surface area contributed by atoms with Crippen LogP contribution in [0, 0.1) is 11.8 Å². The monoisotopic (exact) mass is 184 g/mol. The van der Waals surface area contributed by atoms with Gasteiger partial charge >= 0.3 is 0 Å². The maximum absolute atomic E-state index is 10.2. The van der Waals surface area contributed by atoms with E-state index in [1.807, 2.05) is 0 Å². The largest absolute Gasteiger partial charge is 0.396 e. The third-order valence-corrected chi connectivity index (χ3v) is 3.81. The number of aliphatic hydroxyl groups excluding tert-OH is 1. The second-order valence-electron chi connectivity index (χ2n) is 5.00. The molecule has 0 aliphatic heterocycles. The highest BCUT2D eigenvalue weighted by Gasteiger charge is 2.40. The molecule has 2 atom stereocenters. The molecule has 76 valence electrons. The summed E-state index contributed by atoms with van der Waals surface area (Å²) in [6.45, 7) is 0.135. The fourth-order valence-corrected chi connectivity index (χ4v) is 3.34. The Hall–Kier alpha value is -0.0800. The number of aliphatic hydroxyl groups is 2. The zero-order valence-electron chi connectivity index (χ0n) is 8.21. The van der Waals surface area contributed by atoms with Gasteiger partial charge in [-0.2, -0.15) is 0 Å². The molecule has 2 nitrogen and oxygen atoms in total. The van der Waals surface area contributed by atoms with Crippen molar-refractivity contribution in [1.82, 2.24) is 0 Å². The molecule has 2 fully saturated rings. The fraction of sp³-hybridized carbons (Fsp3) is 1.00. The van der Waals surface area contributed by atoms with E-state index in [1.165, 1.54) is 25.7 Å². The number of hydrogen-bond acceptors (Lipinski definition) is 2. The van der Waals surface area contributed by atoms with Crippen molar-refractivity contribution in [3.63, 3.8) is 0 Å². The third-order valence-electron chi connectivity index (χ3n) is 3.81. The Balaban J connectivity index is 2.00. The molecule has 2 bridgehead atoms. The van der Waals surface area contributed by atoms with Gasteiger partial charge in [-0.25, -0.2) is 0 Å². The van der Waals surface area contributed by atoms with E-state index in [9.17, 15) is 5.11 Å². The summed E-state index contributed by atoms with van der Waals surface area (Å²) in [6.07, 6.45) is 7.72. The maximum Gasteiger partial charge on any atom is 0.0674 e. The Morgan fingerprint density at radius 2 is 1.77 bits per heavy atom. The van der Waals surface area contributed by atoms with Crippen molar-refractivity contribution in [3.05, 3.63) is 0 Å². The highest BCUT2D eigenvalue weighted by atomic mass is 16.3. The van der Waals surface area contributed by atoms with Crippen LogP contribution >= 0.6 is 0 Å². The van der Waals surface area contributed by atoms with Gasteiger partial charge in [-0.3, -0.25) is 0 Å². The third kappa shape index (κ3) is 2.05. The van der Waals surface area contributed by atoms with Crippen LogP contribution in [0.4, 0.5) is 0 Å². The van der Waals surface area contributed by atoms with E-state index in [4.69, 9.17) is 5.11 Å². The van der Waals surface area contributed by atoms with Gasteiger partial charge in [0, 0.05) is 6.61 Å². The molecule has 0 heterocycles. The van der Waals surface area contributed by atoms with Gasteiger partial charge in [0.15, 0.2) is 0 Å². The minimum absolute atomic E-state index is 0.135. The molecule has 0 aromatic heterocycles. The molecular formula is C11H20O2. The predicted octanol–water partition coefficient (Wildman–Crippen LogP) is 1.70. The van der Waals surface area contributed by atoms with Gasteiger partial charge < -0.3 is 10.2 Å².